The first-order valence-electron chi connectivity index (χ1n) is 6.73. The molecule has 1 atom stereocenters. The molecule has 3 rings (SSSR count). The summed E-state index contributed by atoms with van der Waals surface area (Å²) in [6.07, 6.45) is 8.65. The monoisotopic (exact) mass is 272 g/mol. The minimum absolute atomic E-state index is 0.184. The number of rotatable bonds is 3. The SMILES string of the molecule is CC1CC=C(c2ncc3cnn(CC(=O)O)c3n2)CC1. The van der Waals surface area contributed by atoms with Crippen LogP contribution in [0.25, 0.3) is 16.6 Å². The van der Waals surface area contributed by atoms with E-state index in [1.54, 1.807) is 12.4 Å². The highest BCUT2D eigenvalue weighted by atomic mass is 16.4. The van der Waals surface area contributed by atoms with Gasteiger partial charge in [-0.2, -0.15) is 5.10 Å². The average Bonchev–Trinajstić information content (AvgIpc) is 2.81. The van der Waals surface area contributed by atoms with Gasteiger partial charge in [0, 0.05) is 6.20 Å². The number of nitrogens with zero attached hydrogens (tertiary/aromatic N) is 4. The summed E-state index contributed by atoms with van der Waals surface area (Å²) in [7, 11) is 0. The van der Waals surface area contributed by atoms with E-state index in [2.05, 4.69) is 28.1 Å². The van der Waals surface area contributed by atoms with E-state index in [0.29, 0.717) is 17.4 Å². The molecule has 2 heterocycles. The third-order valence-corrected chi connectivity index (χ3v) is 3.62. The first-order chi connectivity index (χ1) is 9.63. The van der Waals surface area contributed by atoms with Crippen molar-refractivity contribution in [2.75, 3.05) is 0 Å². The molecule has 20 heavy (non-hydrogen) atoms. The Morgan fingerprint density at radius 1 is 1.50 bits per heavy atom. The normalized spacial score (nSPS) is 19.1. The number of aliphatic carboxylic acids is 1. The van der Waals surface area contributed by atoms with Crippen molar-refractivity contribution in [2.24, 2.45) is 5.92 Å². The summed E-state index contributed by atoms with van der Waals surface area (Å²) in [6, 6.07) is 0. The minimum atomic E-state index is -0.930. The second kappa shape index (κ2) is 5.03. The molecule has 0 bridgehead atoms. The van der Waals surface area contributed by atoms with Gasteiger partial charge in [-0.15, -0.1) is 0 Å². The Balaban J connectivity index is 1.99. The Morgan fingerprint density at radius 2 is 2.35 bits per heavy atom. The zero-order valence-electron chi connectivity index (χ0n) is 11.3. The van der Waals surface area contributed by atoms with Crippen LogP contribution in [0, 0.1) is 5.92 Å². The van der Waals surface area contributed by atoms with Gasteiger partial charge in [0.25, 0.3) is 0 Å². The molecule has 2 aromatic rings. The molecule has 1 aliphatic carbocycles. The molecular weight excluding hydrogens is 256 g/mol. The summed E-state index contributed by atoms with van der Waals surface area (Å²) in [5.41, 5.74) is 1.73. The van der Waals surface area contributed by atoms with E-state index in [1.165, 1.54) is 4.68 Å². The van der Waals surface area contributed by atoms with Gasteiger partial charge in [-0.05, 0) is 30.8 Å². The third-order valence-electron chi connectivity index (χ3n) is 3.62. The second-order valence-corrected chi connectivity index (χ2v) is 5.28. The van der Waals surface area contributed by atoms with E-state index < -0.39 is 5.97 Å². The molecule has 0 spiro atoms. The van der Waals surface area contributed by atoms with Crippen LogP contribution in [0.3, 0.4) is 0 Å². The predicted octanol–water partition coefficient (Wildman–Crippen LogP) is 2.11. The fraction of sp³-hybridized carbons (Fsp3) is 0.429. The van der Waals surface area contributed by atoms with Crippen LogP contribution in [-0.4, -0.2) is 30.8 Å². The number of carboxylic acid groups (broad SMARTS) is 1. The first-order valence-corrected chi connectivity index (χ1v) is 6.73. The fourth-order valence-electron chi connectivity index (χ4n) is 2.43. The van der Waals surface area contributed by atoms with Crippen LogP contribution in [-0.2, 0) is 11.3 Å². The van der Waals surface area contributed by atoms with Crippen LogP contribution < -0.4 is 0 Å². The molecule has 1 N–H and O–H groups in total. The van der Waals surface area contributed by atoms with E-state index in [9.17, 15) is 4.79 Å². The van der Waals surface area contributed by atoms with Gasteiger partial charge >= 0.3 is 5.97 Å². The molecule has 6 heteroatoms. The topological polar surface area (TPSA) is 80.9 Å². The van der Waals surface area contributed by atoms with Crippen LogP contribution in [0.4, 0.5) is 0 Å². The summed E-state index contributed by atoms with van der Waals surface area (Å²) in [5.74, 6) is 0.470. The van der Waals surface area contributed by atoms with Gasteiger partial charge < -0.3 is 5.11 Å². The molecular formula is C14H16N4O2. The molecule has 0 aromatic carbocycles. The standard InChI is InChI=1S/C14H16N4O2/c1-9-2-4-10(5-3-9)13-15-6-11-7-16-18(8-12(19)20)14(11)17-13/h4,6-7,9H,2-3,5,8H2,1H3,(H,19,20). The molecule has 0 saturated carbocycles. The molecule has 0 aliphatic heterocycles. The number of fused-ring (bicyclic) bond motifs is 1. The summed E-state index contributed by atoms with van der Waals surface area (Å²) in [4.78, 5) is 19.7. The molecule has 0 fully saturated rings. The lowest BCUT2D eigenvalue weighted by molar-refractivity contribution is -0.137. The molecule has 0 amide bonds. The summed E-state index contributed by atoms with van der Waals surface area (Å²) < 4.78 is 1.40. The zero-order chi connectivity index (χ0) is 14.1. The molecule has 2 aromatic heterocycles. The van der Waals surface area contributed by atoms with Gasteiger partial charge in [-0.3, -0.25) is 4.79 Å². The number of aromatic nitrogens is 4. The molecule has 1 unspecified atom stereocenters. The molecule has 104 valence electrons. The maximum Gasteiger partial charge on any atom is 0.325 e. The number of carboxylic acids is 1. The van der Waals surface area contributed by atoms with Gasteiger partial charge in [0.15, 0.2) is 11.5 Å². The number of hydrogen-bond acceptors (Lipinski definition) is 4. The van der Waals surface area contributed by atoms with Crippen LogP contribution in [0.15, 0.2) is 18.5 Å². The van der Waals surface area contributed by atoms with E-state index in [0.717, 1.165) is 30.2 Å². The van der Waals surface area contributed by atoms with Gasteiger partial charge in [-0.1, -0.05) is 13.0 Å². The summed E-state index contributed by atoms with van der Waals surface area (Å²) >= 11 is 0. The van der Waals surface area contributed by atoms with Gasteiger partial charge in [-0.25, -0.2) is 14.6 Å². The Morgan fingerprint density at radius 3 is 3.05 bits per heavy atom. The molecule has 0 saturated heterocycles. The number of carbonyl (C=O) groups is 1. The fourth-order valence-corrected chi connectivity index (χ4v) is 2.43. The zero-order valence-corrected chi connectivity index (χ0v) is 11.3. The van der Waals surface area contributed by atoms with Crippen molar-refractivity contribution in [2.45, 2.75) is 32.7 Å². The Kier molecular flexibility index (Phi) is 3.22. The predicted molar refractivity (Wildman–Crippen MR) is 74.0 cm³/mol. The molecule has 6 nitrogen and oxygen atoms in total. The van der Waals surface area contributed by atoms with Gasteiger partial charge in [0.05, 0.1) is 11.6 Å². The molecule has 0 radical (unpaired) electrons. The van der Waals surface area contributed by atoms with Crippen molar-refractivity contribution >= 4 is 22.6 Å². The number of hydrogen-bond donors (Lipinski definition) is 1. The van der Waals surface area contributed by atoms with Crippen molar-refractivity contribution in [3.63, 3.8) is 0 Å². The lowest BCUT2D eigenvalue weighted by Crippen LogP contribution is -2.11. The maximum atomic E-state index is 10.8. The minimum Gasteiger partial charge on any atom is -0.480 e. The Labute approximate surface area is 116 Å². The Hall–Kier alpha value is -2.24. The highest BCUT2D eigenvalue weighted by Gasteiger charge is 2.15. The van der Waals surface area contributed by atoms with Crippen molar-refractivity contribution in [3.8, 4) is 0 Å². The Bertz CT molecular complexity index is 690. The van der Waals surface area contributed by atoms with Gasteiger partial charge in [0.1, 0.15) is 6.54 Å². The quantitative estimate of drug-likeness (QED) is 0.925. The van der Waals surface area contributed by atoms with Crippen LogP contribution in [0.2, 0.25) is 0 Å². The smallest absolute Gasteiger partial charge is 0.325 e. The van der Waals surface area contributed by atoms with E-state index in [1.807, 2.05) is 0 Å². The second-order valence-electron chi connectivity index (χ2n) is 5.28. The lowest BCUT2D eigenvalue weighted by Gasteiger charge is -2.17. The van der Waals surface area contributed by atoms with E-state index >= 15 is 0 Å². The van der Waals surface area contributed by atoms with Crippen LogP contribution in [0.1, 0.15) is 32.0 Å². The third kappa shape index (κ3) is 2.41. The van der Waals surface area contributed by atoms with Crippen LogP contribution in [0.5, 0.6) is 0 Å². The van der Waals surface area contributed by atoms with Gasteiger partial charge in [0.2, 0.25) is 0 Å². The highest BCUT2D eigenvalue weighted by molar-refractivity contribution is 5.77. The summed E-state index contributed by atoms with van der Waals surface area (Å²) in [6.45, 7) is 2.05. The largest absolute Gasteiger partial charge is 0.480 e. The van der Waals surface area contributed by atoms with Crippen molar-refractivity contribution < 1.29 is 9.90 Å². The van der Waals surface area contributed by atoms with Crippen molar-refractivity contribution in [1.29, 1.82) is 0 Å². The van der Waals surface area contributed by atoms with Crippen molar-refractivity contribution in [1.82, 2.24) is 19.7 Å². The van der Waals surface area contributed by atoms with E-state index in [-0.39, 0.29) is 6.54 Å². The number of allylic oxidation sites excluding steroid dienone is 2. The molecule has 1 aliphatic rings. The lowest BCUT2D eigenvalue weighted by atomic mass is 9.91. The highest BCUT2D eigenvalue weighted by Crippen LogP contribution is 2.28. The maximum absolute atomic E-state index is 10.8. The van der Waals surface area contributed by atoms with Crippen molar-refractivity contribution in [3.05, 3.63) is 24.3 Å². The van der Waals surface area contributed by atoms with E-state index in [4.69, 9.17) is 5.11 Å². The first kappa shape index (κ1) is 12.8. The average molecular weight is 272 g/mol. The van der Waals surface area contributed by atoms with Crippen LogP contribution >= 0.6 is 0 Å². The summed E-state index contributed by atoms with van der Waals surface area (Å²) in [5, 5.41) is 13.7.